The molecule has 0 radical (unpaired) electrons. The number of aromatic nitrogens is 2. The molecule has 0 aliphatic carbocycles. The lowest BCUT2D eigenvalue weighted by Gasteiger charge is -2.14. The highest BCUT2D eigenvalue weighted by Gasteiger charge is 2.16. The van der Waals surface area contributed by atoms with Crippen molar-refractivity contribution in [2.24, 2.45) is 0 Å². The molecule has 0 aliphatic rings. The van der Waals surface area contributed by atoms with Crippen molar-refractivity contribution < 1.29 is 4.42 Å². The highest BCUT2D eigenvalue weighted by Crippen LogP contribution is 2.39. The highest BCUT2D eigenvalue weighted by molar-refractivity contribution is 7.25. The second kappa shape index (κ2) is 13.3. The van der Waals surface area contributed by atoms with Gasteiger partial charge in [-0.1, -0.05) is 133 Å². The molecule has 4 heteroatoms. The first-order valence-electron chi connectivity index (χ1n) is 18.8. The van der Waals surface area contributed by atoms with Crippen molar-refractivity contribution in [2.75, 3.05) is 0 Å². The third-order valence-electron chi connectivity index (χ3n) is 10.7. The summed E-state index contributed by atoms with van der Waals surface area (Å²) in [5.41, 5.74) is 13.4. The fourth-order valence-corrected chi connectivity index (χ4v) is 9.01. The van der Waals surface area contributed by atoms with Crippen LogP contribution in [0.2, 0.25) is 0 Å². The van der Waals surface area contributed by atoms with Gasteiger partial charge in [-0.2, -0.15) is 0 Å². The lowest BCUT2D eigenvalue weighted by Crippen LogP contribution is -1.97. The predicted octanol–water partition coefficient (Wildman–Crippen LogP) is 14.7. The molecule has 0 saturated heterocycles. The van der Waals surface area contributed by atoms with Crippen LogP contribution in [0.1, 0.15) is 0 Å². The minimum atomic E-state index is 0.688. The van der Waals surface area contributed by atoms with Gasteiger partial charge in [0.1, 0.15) is 11.2 Å². The normalized spacial score (nSPS) is 11.6. The molecule has 11 aromatic rings. The summed E-state index contributed by atoms with van der Waals surface area (Å²) in [5, 5.41) is 4.83. The van der Waals surface area contributed by atoms with E-state index in [1.165, 1.54) is 25.7 Å². The molecule has 3 heterocycles. The Kier molecular flexibility index (Phi) is 7.68. The van der Waals surface area contributed by atoms with Gasteiger partial charge in [-0.3, -0.25) is 0 Å². The van der Waals surface area contributed by atoms with Gasteiger partial charge in [0.2, 0.25) is 0 Å². The lowest BCUT2D eigenvalue weighted by atomic mass is 9.93. The molecular weight excluding hydrogens is 701 g/mol. The Morgan fingerprint density at radius 1 is 0.304 bits per heavy atom. The van der Waals surface area contributed by atoms with Crippen LogP contribution in [-0.2, 0) is 0 Å². The minimum absolute atomic E-state index is 0.688. The van der Waals surface area contributed by atoms with Crippen LogP contribution in [0.4, 0.5) is 0 Å². The van der Waals surface area contributed by atoms with Gasteiger partial charge in [0.15, 0.2) is 5.82 Å². The van der Waals surface area contributed by atoms with E-state index < -0.39 is 0 Å². The van der Waals surface area contributed by atoms with Gasteiger partial charge >= 0.3 is 0 Å². The van der Waals surface area contributed by atoms with E-state index in [-0.39, 0.29) is 0 Å². The molecule has 11 rings (SSSR count). The molecule has 0 aliphatic heterocycles. The van der Waals surface area contributed by atoms with Crippen LogP contribution in [0.3, 0.4) is 0 Å². The Bertz CT molecular complexity index is 3250. The summed E-state index contributed by atoms with van der Waals surface area (Å²) < 4.78 is 8.79. The molecule has 8 aromatic carbocycles. The number of rotatable bonds is 6. The Hall–Kier alpha value is -7.14. The van der Waals surface area contributed by atoms with Crippen molar-refractivity contribution in [1.29, 1.82) is 0 Å². The van der Waals surface area contributed by atoms with E-state index in [0.29, 0.717) is 5.82 Å². The van der Waals surface area contributed by atoms with Crippen LogP contribution < -0.4 is 0 Å². The van der Waals surface area contributed by atoms with Gasteiger partial charge in [-0.05, 0) is 94.0 Å². The summed E-state index contributed by atoms with van der Waals surface area (Å²) in [6.45, 7) is 0. The number of nitrogens with zero attached hydrogens (tertiary/aromatic N) is 2. The standard InChI is InChI=1S/C52H32N2OS/c1-3-12-33(13-4-1)39-27-40(36-23-25-49-45(30-36)42-18-7-9-20-48(42)55-49)29-41(28-39)47-32-46(53-52(54-47)34-14-5-2-6-15-34)38-17-11-16-35(26-38)37-22-24-44-43-19-8-10-21-50(43)56-51(44)31-37/h1-32H. The topological polar surface area (TPSA) is 38.9 Å². The van der Waals surface area contributed by atoms with Gasteiger partial charge in [0.25, 0.3) is 0 Å². The number of para-hydroxylation sites is 1. The Morgan fingerprint density at radius 2 is 0.857 bits per heavy atom. The van der Waals surface area contributed by atoms with Crippen molar-refractivity contribution in [3.63, 3.8) is 0 Å². The largest absolute Gasteiger partial charge is 0.456 e. The molecule has 0 unspecified atom stereocenters. The van der Waals surface area contributed by atoms with Crippen LogP contribution in [0.25, 0.3) is 109 Å². The summed E-state index contributed by atoms with van der Waals surface area (Å²) in [7, 11) is 0. The quantitative estimate of drug-likeness (QED) is 0.171. The third-order valence-corrected chi connectivity index (χ3v) is 11.8. The average Bonchev–Trinajstić information content (AvgIpc) is 3.84. The summed E-state index contributed by atoms with van der Waals surface area (Å²) in [5.74, 6) is 0.688. The lowest BCUT2D eigenvalue weighted by molar-refractivity contribution is 0.669. The molecule has 3 aromatic heterocycles. The molecule has 0 bridgehead atoms. The number of benzene rings is 8. The molecular formula is C52H32N2OS. The number of fused-ring (bicyclic) bond motifs is 6. The van der Waals surface area contributed by atoms with Crippen LogP contribution in [-0.4, -0.2) is 9.97 Å². The first-order chi connectivity index (χ1) is 27.7. The van der Waals surface area contributed by atoms with Crippen molar-refractivity contribution >= 4 is 53.4 Å². The van der Waals surface area contributed by atoms with E-state index in [9.17, 15) is 0 Å². The SMILES string of the molecule is c1ccc(-c2cc(-c3ccc4oc5ccccc5c4c3)cc(-c3cc(-c4cccc(-c5ccc6c(c5)sc5ccccc56)c4)nc(-c4ccccc4)n3)c2)cc1. The molecule has 56 heavy (non-hydrogen) atoms. The summed E-state index contributed by atoms with van der Waals surface area (Å²) >= 11 is 1.85. The number of furan rings is 1. The Labute approximate surface area is 327 Å². The van der Waals surface area contributed by atoms with Gasteiger partial charge in [-0.15, -0.1) is 11.3 Å². The molecule has 262 valence electrons. The Morgan fingerprint density at radius 3 is 1.70 bits per heavy atom. The average molecular weight is 733 g/mol. The maximum atomic E-state index is 6.19. The predicted molar refractivity (Wildman–Crippen MR) is 235 cm³/mol. The zero-order valence-corrected chi connectivity index (χ0v) is 31.0. The monoisotopic (exact) mass is 732 g/mol. The number of hydrogen-bond donors (Lipinski definition) is 0. The molecule has 0 N–H and O–H groups in total. The second-order valence-electron chi connectivity index (χ2n) is 14.2. The summed E-state index contributed by atoms with van der Waals surface area (Å²) in [6.07, 6.45) is 0. The van der Waals surface area contributed by atoms with E-state index in [1.54, 1.807) is 0 Å². The minimum Gasteiger partial charge on any atom is -0.456 e. The second-order valence-corrected chi connectivity index (χ2v) is 15.3. The number of thiophene rings is 1. The van der Waals surface area contributed by atoms with Crippen molar-refractivity contribution in [2.45, 2.75) is 0 Å². The first kappa shape index (κ1) is 32.3. The molecule has 0 saturated carbocycles. The van der Waals surface area contributed by atoms with Crippen LogP contribution in [0.15, 0.2) is 199 Å². The van der Waals surface area contributed by atoms with E-state index >= 15 is 0 Å². The molecule has 0 amide bonds. The van der Waals surface area contributed by atoms with Gasteiger partial charge < -0.3 is 4.42 Å². The van der Waals surface area contributed by atoms with Gasteiger partial charge in [0, 0.05) is 47.6 Å². The van der Waals surface area contributed by atoms with E-state index in [0.717, 1.165) is 77.8 Å². The van der Waals surface area contributed by atoms with E-state index in [1.807, 2.05) is 41.7 Å². The molecule has 0 fully saturated rings. The zero-order valence-electron chi connectivity index (χ0n) is 30.2. The van der Waals surface area contributed by atoms with Gasteiger partial charge in [0.05, 0.1) is 11.4 Å². The van der Waals surface area contributed by atoms with Gasteiger partial charge in [-0.25, -0.2) is 9.97 Å². The van der Waals surface area contributed by atoms with Crippen molar-refractivity contribution in [1.82, 2.24) is 9.97 Å². The maximum absolute atomic E-state index is 6.19. The van der Waals surface area contributed by atoms with Crippen LogP contribution in [0, 0.1) is 0 Å². The summed E-state index contributed by atoms with van der Waals surface area (Å²) in [6, 6.07) is 68.7. The molecule has 0 atom stereocenters. The van der Waals surface area contributed by atoms with E-state index in [4.69, 9.17) is 14.4 Å². The van der Waals surface area contributed by atoms with Crippen LogP contribution in [0.5, 0.6) is 0 Å². The number of hydrogen-bond acceptors (Lipinski definition) is 4. The third kappa shape index (κ3) is 5.76. The Balaban J connectivity index is 1.07. The smallest absolute Gasteiger partial charge is 0.160 e. The summed E-state index contributed by atoms with van der Waals surface area (Å²) in [4.78, 5) is 10.5. The maximum Gasteiger partial charge on any atom is 0.160 e. The highest BCUT2D eigenvalue weighted by atomic mass is 32.1. The fraction of sp³-hybridized carbons (Fsp3) is 0. The molecule has 3 nitrogen and oxygen atoms in total. The van der Waals surface area contributed by atoms with E-state index in [2.05, 4.69) is 164 Å². The first-order valence-corrected chi connectivity index (χ1v) is 19.6. The van der Waals surface area contributed by atoms with Crippen LogP contribution >= 0.6 is 11.3 Å². The zero-order chi connectivity index (χ0) is 37.0. The van der Waals surface area contributed by atoms with Crippen molar-refractivity contribution in [3.8, 4) is 67.3 Å². The molecule has 0 spiro atoms. The fourth-order valence-electron chi connectivity index (χ4n) is 7.87. The van der Waals surface area contributed by atoms with Crippen molar-refractivity contribution in [3.05, 3.63) is 194 Å².